The van der Waals surface area contributed by atoms with Crippen molar-refractivity contribution in [2.24, 2.45) is 0 Å². The van der Waals surface area contributed by atoms with E-state index in [0.29, 0.717) is 13.0 Å². The highest BCUT2D eigenvalue weighted by Gasteiger charge is 2.35. The molecule has 1 aliphatic heterocycles. The maximum Gasteiger partial charge on any atom is 0.235 e. The minimum atomic E-state index is -0.227. The van der Waals surface area contributed by atoms with E-state index in [1.165, 1.54) is 0 Å². The quantitative estimate of drug-likeness (QED) is 0.806. The fraction of sp³-hybridized carbons (Fsp3) is 0.214. The Bertz CT molecular complexity index is 479. The first-order valence-electron chi connectivity index (χ1n) is 5.55. The van der Waals surface area contributed by atoms with Crippen LogP contribution in [0.3, 0.4) is 0 Å². The maximum atomic E-state index is 12.2. The number of benzene rings is 1. The molecule has 3 heteroatoms. The van der Waals surface area contributed by atoms with E-state index in [9.17, 15) is 9.90 Å². The van der Waals surface area contributed by atoms with Crippen LogP contribution >= 0.6 is 0 Å². The SMILES string of the molecule is C=CCC1C(=O)N(CC=C)c2ccc(O)cc21. The van der Waals surface area contributed by atoms with Gasteiger partial charge in [-0.05, 0) is 30.2 Å². The van der Waals surface area contributed by atoms with Crippen molar-refractivity contribution < 1.29 is 9.90 Å². The number of anilines is 1. The van der Waals surface area contributed by atoms with Crippen molar-refractivity contribution in [3.8, 4) is 5.75 Å². The van der Waals surface area contributed by atoms with Crippen LogP contribution in [-0.4, -0.2) is 17.6 Å². The molecule has 0 fully saturated rings. The fourth-order valence-corrected chi connectivity index (χ4v) is 2.22. The molecule has 0 radical (unpaired) electrons. The van der Waals surface area contributed by atoms with E-state index >= 15 is 0 Å². The van der Waals surface area contributed by atoms with Crippen molar-refractivity contribution in [3.05, 3.63) is 49.1 Å². The molecule has 1 atom stereocenters. The van der Waals surface area contributed by atoms with E-state index in [-0.39, 0.29) is 17.6 Å². The van der Waals surface area contributed by atoms with Crippen LogP contribution in [0.1, 0.15) is 17.9 Å². The van der Waals surface area contributed by atoms with E-state index < -0.39 is 0 Å². The van der Waals surface area contributed by atoms with E-state index in [2.05, 4.69) is 13.2 Å². The normalized spacial score (nSPS) is 18.0. The lowest BCUT2D eigenvalue weighted by Gasteiger charge is -2.15. The Morgan fingerprint density at radius 3 is 2.76 bits per heavy atom. The number of phenolic OH excluding ortho intramolecular Hbond substituents is 1. The Labute approximate surface area is 101 Å². The summed E-state index contributed by atoms with van der Waals surface area (Å²) in [7, 11) is 0. The molecule has 3 nitrogen and oxygen atoms in total. The van der Waals surface area contributed by atoms with E-state index in [0.717, 1.165) is 11.3 Å². The maximum absolute atomic E-state index is 12.2. The van der Waals surface area contributed by atoms with Gasteiger partial charge in [0.15, 0.2) is 0 Å². The summed E-state index contributed by atoms with van der Waals surface area (Å²) in [6.07, 6.45) is 4.02. The van der Waals surface area contributed by atoms with Crippen molar-refractivity contribution >= 4 is 11.6 Å². The number of nitrogens with zero attached hydrogens (tertiary/aromatic N) is 1. The topological polar surface area (TPSA) is 40.5 Å². The standard InChI is InChI=1S/C14H15NO2/c1-3-5-11-12-9-10(16)6-7-13(12)15(8-4-2)14(11)17/h3-4,6-7,9,11,16H,1-2,5,8H2. The number of allylic oxidation sites excluding steroid dienone is 1. The highest BCUT2D eigenvalue weighted by Crippen LogP contribution is 2.40. The van der Waals surface area contributed by atoms with Crippen molar-refractivity contribution in [2.45, 2.75) is 12.3 Å². The molecule has 1 aromatic rings. The zero-order valence-corrected chi connectivity index (χ0v) is 9.60. The lowest BCUT2D eigenvalue weighted by Crippen LogP contribution is -2.28. The molecule has 1 aliphatic rings. The molecule has 2 rings (SSSR count). The minimum Gasteiger partial charge on any atom is -0.508 e. The predicted molar refractivity (Wildman–Crippen MR) is 68.2 cm³/mol. The van der Waals surface area contributed by atoms with Crippen LogP contribution in [0.2, 0.25) is 0 Å². The molecule has 0 aromatic heterocycles. The van der Waals surface area contributed by atoms with E-state index in [1.807, 2.05) is 0 Å². The highest BCUT2D eigenvalue weighted by atomic mass is 16.3. The van der Waals surface area contributed by atoms with Gasteiger partial charge in [-0.3, -0.25) is 4.79 Å². The second-order valence-electron chi connectivity index (χ2n) is 4.06. The average molecular weight is 229 g/mol. The number of carbonyl (C=O) groups is 1. The van der Waals surface area contributed by atoms with Crippen molar-refractivity contribution in [1.82, 2.24) is 0 Å². The third-order valence-electron chi connectivity index (χ3n) is 2.96. The Morgan fingerprint density at radius 1 is 1.35 bits per heavy atom. The summed E-state index contributed by atoms with van der Waals surface area (Å²) in [6, 6.07) is 5.03. The zero-order chi connectivity index (χ0) is 12.4. The predicted octanol–water partition coefficient (Wildman–Crippen LogP) is 2.58. The summed E-state index contributed by atoms with van der Waals surface area (Å²) in [6.45, 7) is 7.82. The number of phenols is 1. The van der Waals surface area contributed by atoms with Crippen LogP contribution in [-0.2, 0) is 4.79 Å². The van der Waals surface area contributed by atoms with Gasteiger partial charge in [0.1, 0.15) is 5.75 Å². The number of amides is 1. The number of hydrogen-bond acceptors (Lipinski definition) is 2. The molecule has 0 saturated carbocycles. The number of carbonyl (C=O) groups excluding carboxylic acids is 1. The van der Waals surface area contributed by atoms with Gasteiger partial charge >= 0.3 is 0 Å². The monoisotopic (exact) mass is 229 g/mol. The number of aromatic hydroxyl groups is 1. The number of fused-ring (bicyclic) bond motifs is 1. The van der Waals surface area contributed by atoms with Gasteiger partial charge < -0.3 is 10.0 Å². The number of rotatable bonds is 4. The third kappa shape index (κ3) is 1.84. The lowest BCUT2D eigenvalue weighted by atomic mass is 9.97. The molecule has 17 heavy (non-hydrogen) atoms. The Kier molecular flexibility index (Phi) is 3.00. The molecule has 0 aliphatic carbocycles. The van der Waals surface area contributed by atoms with Gasteiger partial charge in [-0.2, -0.15) is 0 Å². The van der Waals surface area contributed by atoms with Crippen LogP contribution in [0.4, 0.5) is 5.69 Å². The zero-order valence-electron chi connectivity index (χ0n) is 9.60. The van der Waals surface area contributed by atoms with Crippen molar-refractivity contribution in [3.63, 3.8) is 0 Å². The Balaban J connectivity index is 2.48. The van der Waals surface area contributed by atoms with Crippen LogP contribution in [0.5, 0.6) is 5.75 Å². The Morgan fingerprint density at radius 2 is 2.12 bits per heavy atom. The van der Waals surface area contributed by atoms with Gasteiger partial charge in [0.05, 0.1) is 5.92 Å². The van der Waals surface area contributed by atoms with Crippen molar-refractivity contribution in [1.29, 1.82) is 0 Å². The first kappa shape index (κ1) is 11.5. The van der Waals surface area contributed by atoms with Crippen LogP contribution in [0.15, 0.2) is 43.5 Å². The number of hydrogen-bond donors (Lipinski definition) is 1. The molecule has 1 N–H and O–H groups in total. The summed E-state index contributed by atoms with van der Waals surface area (Å²) >= 11 is 0. The summed E-state index contributed by atoms with van der Waals surface area (Å²) in [5.41, 5.74) is 1.73. The third-order valence-corrected chi connectivity index (χ3v) is 2.96. The second kappa shape index (κ2) is 4.45. The molecule has 1 aromatic carbocycles. The largest absolute Gasteiger partial charge is 0.508 e. The van der Waals surface area contributed by atoms with Crippen molar-refractivity contribution in [2.75, 3.05) is 11.4 Å². The lowest BCUT2D eigenvalue weighted by molar-refractivity contribution is -0.119. The van der Waals surface area contributed by atoms with Gasteiger partial charge in [-0.1, -0.05) is 12.2 Å². The second-order valence-corrected chi connectivity index (χ2v) is 4.06. The molecular weight excluding hydrogens is 214 g/mol. The molecule has 88 valence electrons. The molecular formula is C14H15NO2. The van der Waals surface area contributed by atoms with Gasteiger partial charge in [0.2, 0.25) is 5.91 Å². The van der Waals surface area contributed by atoms with Gasteiger partial charge in [-0.15, -0.1) is 13.2 Å². The summed E-state index contributed by atoms with van der Waals surface area (Å²) < 4.78 is 0. The van der Waals surface area contributed by atoms with E-state index in [1.54, 1.807) is 35.3 Å². The minimum absolute atomic E-state index is 0.0467. The first-order valence-corrected chi connectivity index (χ1v) is 5.55. The summed E-state index contributed by atoms with van der Waals surface area (Å²) in [4.78, 5) is 13.9. The molecule has 0 saturated heterocycles. The molecule has 0 spiro atoms. The van der Waals surface area contributed by atoms with Crippen LogP contribution < -0.4 is 4.90 Å². The molecule has 1 unspecified atom stereocenters. The van der Waals surface area contributed by atoms with Gasteiger partial charge in [0, 0.05) is 12.2 Å². The van der Waals surface area contributed by atoms with Gasteiger partial charge in [-0.25, -0.2) is 0 Å². The van der Waals surface area contributed by atoms with E-state index in [4.69, 9.17) is 0 Å². The van der Waals surface area contributed by atoms with Crippen LogP contribution in [0.25, 0.3) is 0 Å². The average Bonchev–Trinajstić information content (AvgIpc) is 2.55. The van der Waals surface area contributed by atoms with Crippen LogP contribution in [0, 0.1) is 0 Å². The molecule has 1 amide bonds. The highest BCUT2D eigenvalue weighted by molar-refractivity contribution is 6.05. The van der Waals surface area contributed by atoms with Gasteiger partial charge in [0.25, 0.3) is 0 Å². The smallest absolute Gasteiger partial charge is 0.235 e. The molecule has 1 heterocycles. The first-order chi connectivity index (χ1) is 8.19. The Hall–Kier alpha value is -2.03. The fourth-order valence-electron chi connectivity index (χ4n) is 2.22. The summed E-state index contributed by atoms with van der Waals surface area (Å²) in [5, 5.41) is 9.51. The molecule has 0 bridgehead atoms. The summed E-state index contributed by atoms with van der Waals surface area (Å²) in [5.74, 6) is 0.00557.